The van der Waals surface area contributed by atoms with Crippen LogP contribution in [0.2, 0.25) is 0 Å². The number of morpholine rings is 1. The van der Waals surface area contributed by atoms with Gasteiger partial charge in [0.15, 0.2) is 0 Å². The smallest absolute Gasteiger partial charge is 0.322 e. The molecule has 202 valence electrons. The summed E-state index contributed by atoms with van der Waals surface area (Å²) >= 11 is 3.40. The third-order valence-corrected chi connectivity index (χ3v) is 6.81. The fourth-order valence-corrected chi connectivity index (χ4v) is 4.40. The monoisotopic (exact) mass is 586 g/mol. The fourth-order valence-electron chi connectivity index (χ4n) is 4.14. The van der Waals surface area contributed by atoms with Gasteiger partial charge in [-0.3, -0.25) is 9.69 Å². The van der Waals surface area contributed by atoms with Crippen LogP contribution >= 0.6 is 15.9 Å². The summed E-state index contributed by atoms with van der Waals surface area (Å²) < 4.78 is 25.5. The van der Waals surface area contributed by atoms with Gasteiger partial charge in [-0.05, 0) is 61.0 Å². The van der Waals surface area contributed by atoms with E-state index in [0.29, 0.717) is 37.8 Å². The predicted octanol–water partition coefficient (Wildman–Crippen LogP) is 4.88. The van der Waals surface area contributed by atoms with Crippen molar-refractivity contribution in [3.05, 3.63) is 88.0 Å². The standard InChI is InChI=1S/C28H32BrFN4O4/c1-21-2-11-26(38-21)19-34(18-22-3-7-24(30)8-4-22)27(35)20-33(13-12-32-14-16-37-17-15-32)28(36)31-25-9-5-23(29)6-10-25/h2-11H,12-20H2,1H3,(H,31,36). The number of urea groups is 1. The molecule has 0 saturated carbocycles. The summed E-state index contributed by atoms with van der Waals surface area (Å²) in [5, 5.41) is 2.90. The largest absolute Gasteiger partial charge is 0.464 e. The molecule has 10 heteroatoms. The molecule has 0 bridgehead atoms. The summed E-state index contributed by atoms with van der Waals surface area (Å²) in [6.07, 6.45) is 0. The van der Waals surface area contributed by atoms with Crippen molar-refractivity contribution in [2.45, 2.75) is 20.0 Å². The van der Waals surface area contributed by atoms with E-state index in [1.54, 1.807) is 29.2 Å². The zero-order valence-corrected chi connectivity index (χ0v) is 23.0. The second-order valence-electron chi connectivity index (χ2n) is 9.20. The van der Waals surface area contributed by atoms with E-state index in [4.69, 9.17) is 9.15 Å². The number of furan rings is 1. The molecule has 0 atom stereocenters. The highest BCUT2D eigenvalue weighted by atomic mass is 79.9. The van der Waals surface area contributed by atoms with Gasteiger partial charge in [-0.2, -0.15) is 0 Å². The van der Waals surface area contributed by atoms with Gasteiger partial charge in [0.1, 0.15) is 23.9 Å². The predicted molar refractivity (Wildman–Crippen MR) is 146 cm³/mol. The van der Waals surface area contributed by atoms with Crippen LogP contribution in [-0.2, 0) is 22.6 Å². The first kappa shape index (κ1) is 27.8. The lowest BCUT2D eigenvalue weighted by Crippen LogP contribution is -2.48. The van der Waals surface area contributed by atoms with Crippen molar-refractivity contribution in [3.8, 4) is 0 Å². The Morgan fingerprint density at radius 2 is 1.68 bits per heavy atom. The van der Waals surface area contributed by atoms with Gasteiger partial charge in [0.25, 0.3) is 0 Å². The van der Waals surface area contributed by atoms with Crippen LogP contribution in [0.1, 0.15) is 17.1 Å². The first-order valence-corrected chi connectivity index (χ1v) is 13.3. The quantitative estimate of drug-likeness (QED) is 0.366. The van der Waals surface area contributed by atoms with E-state index in [0.717, 1.165) is 28.9 Å². The molecule has 38 heavy (non-hydrogen) atoms. The van der Waals surface area contributed by atoms with Crippen molar-refractivity contribution in [3.63, 3.8) is 0 Å². The Morgan fingerprint density at radius 3 is 2.34 bits per heavy atom. The molecule has 1 aromatic heterocycles. The van der Waals surface area contributed by atoms with E-state index in [-0.39, 0.29) is 37.4 Å². The average Bonchev–Trinajstić information content (AvgIpc) is 3.33. The topological polar surface area (TPSA) is 78.3 Å². The number of nitrogens with one attached hydrogen (secondary N) is 1. The molecule has 1 fully saturated rings. The van der Waals surface area contributed by atoms with Gasteiger partial charge in [-0.1, -0.05) is 28.1 Å². The minimum absolute atomic E-state index is 0.117. The van der Waals surface area contributed by atoms with E-state index in [1.807, 2.05) is 31.2 Å². The van der Waals surface area contributed by atoms with Gasteiger partial charge in [-0.25, -0.2) is 9.18 Å². The lowest BCUT2D eigenvalue weighted by molar-refractivity contribution is -0.133. The number of carbonyl (C=O) groups is 2. The normalized spacial score (nSPS) is 13.8. The first-order chi connectivity index (χ1) is 18.4. The Kier molecular flexibility index (Phi) is 9.91. The summed E-state index contributed by atoms with van der Waals surface area (Å²) in [6, 6.07) is 16.6. The Bertz CT molecular complexity index is 1200. The number of rotatable bonds is 10. The minimum Gasteiger partial charge on any atom is -0.464 e. The van der Waals surface area contributed by atoms with Crippen molar-refractivity contribution in [2.24, 2.45) is 0 Å². The number of halogens is 2. The van der Waals surface area contributed by atoms with Crippen LogP contribution in [0.15, 0.2) is 69.6 Å². The Hall–Kier alpha value is -3.21. The van der Waals surface area contributed by atoms with Crippen LogP contribution in [-0.4, -0.2) is 72.6 Å². The zero-order chi connectivity index (χ0) is 26.9. The number of carbonyl (C=O) groups excluding carboxylic acids is 2. The maximum atomic E-state index is 13.6. The fraction of sp³-hybridized carbons (Fsp3) is 0.357. The van der Waals surface area contributed by atoms with Gasteiger partial charge in [0.05, 0.1) is 19.8 Å². The lowest BCUT2D eigenvalue weighted by atomic mass is 10.2. The van der Waals surface area contributed by atoms with Gasteiger partial charge in [0.2, 0.25) is 5.91 Å². The molecule has 0 spiro atoms. The third-order valence-electron chi connectivity index (χ3n) is 6.28. The maximum absolute atomic E-state index is 13.6. The van der Waals surface area contributed by atoms with Crippen LogP contribution in [0, 0.1) is 12.7 Å². The molecule has 1 aliphatic heterocycles. The second kappa shape index (κ2) is 13.5. The van der Waals surface area contributed by atoms with Crippen molar-refractivity contribution >= 4 is 33.6 Å². The number of hydrogen-bond donors (Lipinski definition) is 1. The molecular formula is C28H32BrFN4O4. The molecule has 1 N–H and O–H groups in total. The molecule has 0 aliphatic carbocycles. The number of benzene rings is 2. The highest BCUT2D eigenvalue weighted by Gasteiger charge is 2.24. The second-order valence-corrected chi connectivity index (χ2v) is 10.1. The van der Waals surface area contributed by atoms with Crippen LogP contribution in [0.3, 0.4) is 0 Å². The van der Waals surface area contributed by atoms with E-state index in [1.165, 1.54) is 17.0 Å². The lowest BCUT2D eigenvalue weighted by Gasteiger charge is -2.31. The number of hydrogen-bond acceptors (Lipinski definition) is 5. The number of aryl methyl sites for hydroxylation is 1. The van der Waals surface area contributed by atoms with Gasteiger partial charge >= 0.3 is 6.03 Å². The number of amides is 3. The SMILES string of the molecule is Cc1ccc(CN(Cc2ccc(F)cc2)C(=O)CN(CCN2CCOCC2)C(=O)Nc2ccc(Br)cc2)o1. The molecule has 3 aromatic rings. The average molecular weight is 587 g/mol. The molecule has 0 unspecified atom stereocenters. The minimum atomic E-state index is -0.357. The molecule has 1 saturated heterocycles. The van der Waals surface area contributed by atoms with E-state index < -0.39 is 0 Å². The number of ether oxygens (including phenoxy) is 1. The number of anilines is 1. The third kappa shape index (κ3) is 8.41. The highest BCUT2D eigenvalue weighted by Crippen LogP contribution is 2.17. The van der Waals surface area contributed by atoms with E-state index in [9.17, 15) is 14.0 Å². The molecule has 4 rings (SSSR count). The number of nitrogens with zero attached hydrogens (tertiary/aromatic N) is 3. The van der Waals surface area contributed by atoms with Crippen molar-refractivity contribution in [1.29, 1.82) is 0 Å². The Labute approximate surface area is 230 Å². The van der Waals surface area contributed by atoms with E-state index in [2.05, 4.69) is 26.1 Å². The zero-order valence-electron chi connectivity index (χ0n) is 21.4. The maximum Gasteiger partial charge on any atom is 0.322 e. The van der Waals surface area contributed by atoms with Crippen molar-refractivity contribution < 1.29 is 23.1 Å². The first-order valence-electron chi connectivity index (χ1n) is 12.5. The molecule has 2 aromatic carbocycles. The molecule has 3 amide bonds. The molecule has 1 aliphatic rings. The molecule has 0 radical (unpaired) electrons. The molecule has 2 heterocycles. The molecule has 8 nitrogen and oxygen atoms in total. The summed E-state index contributed by atoms with van der Waals surface area (Å²) in [5.41, 5.74) is 1.42. The van der Waals surface area contributed by atoms with Crippen LogP contribution in [0.25, 0.3) is 0 Å². The highest BCUT2D eigenvalue weighted by molar-refractivity contribution is 9.10. The molecular weight excluding hydrogens is 555 g/mol. The Balaban J connectivity index is 1.49. The Morgan fingerprint density at radius 1 is 0.974 bits per heavy atom. The van der Waals surface area contributed by atoms with Gasteiger partial charge < -0.3 is 24.3 Å². The summed E-state index contributed by atoms with van der Waals surface area (Å²) in [6.45, 7) is 6.08. The van der Waals surface area contributed by atoms with E-state index >= 15 is 0 Å². The summed E-state index contributed by atoms with van der Waals surface area (Å²) in [7, 11) is 0. The van der Waals surface area contributed by atoms with Crippen LogP contribution in [0.5, 0.6) is 0 Å². The summed E-state index contributed by atoms with van der Waals surface area (Å²) in [5.74, 6) is 0.802. The van der Waals surface area contributed by atoms with Crippen molar-refractivity contribution in [1.82, 2.24) is 14.7 Å². The van der Waals surface area contributed by atoms with Gasteiger partial charge in [-0.15, -0.1) is 0 Å². The van der Waals surface area contributed by atoms with Crippen LogP contribution in [0.4, 0.5) is 14.9 Å². The van der Waals surface area contributed by atoms with Crippen LogP contribution < -0.4 is 5.32 Å². The van der Waals surface area contributed by atoms with Crippen molar-refractivity contribution in [2.75, 3.05) is 51.3 Å². The van der Waals surface area contributed by atoms with Gasteiger partial charge in [0, 0.05) is 42.9 Å². The summed E-state index contributed by atoms with van der Waals surface area (Å²) in [4.78, 5) is 32.3.